The standard InChI is InChI=1S/C8H10N2/c9-10-8-6-4-2-1-3-5-7-8/h1-7,10H,9H2/b2-1-,3-1?,4-2?,5-3-,6-4-,7-5?,8-6?,8-7+. The second-order valence-corrected chi connectivity index (χ2v) is 1.90. The minimum absolute atomic E-state index is 0.903. The fourth-order valence-corrected chi connectivity index (χ4v) is 0.663. The SMILES string of the molecule is NNC1=C/C=C\C=C/C=C\1. The van der Waals surface area contributed by atoms with E-state index in [9.17, 15) is 0 Å². The lowest BCUT2D eigenvalue weighted by molar-refractivity contribution is 0.916. The van der Waals surface area contributed by atoms with E-state index in [0.717, 1.165) is 5.70 Å². The highest BCUT2D eigenvalue weighted by molar-refractivity contribution is 5.29. The van der Waals surface area contributed by atoms with Crippen molar-refractivity contribution in [1.29, 1.82) is 0 Å². The van der Waals surface area contributed by atoms with Crippen LogP contribution in [0.4, 0.5) is 0 Å². The molecule has 0 radical (unpaired) electrons. The van der Waals surface area contributed by atoms with Crippen molar-refractivity contribution in [2.75, 3.05) is 0 Å². The predicted molar refractivity (Wildman–Crippen MR) is 42.8 cm³/mol. The van der Waals surface area contributed by atoms with Crippen LogP contribution in [0.1, 0.15) is 0 Å². The van der Waals surface area contributed by atoms with E-state index in [1.54, 1.807) is 0 Å². The van der Waals surface area contributed by atoms with E-state index >= 15 is 0 Å². The highest BCUT2D eigenvalue weighted by atomic mass is 15.2. The smallest absolute Gasteiger partial charge is 0.0485 e. The summed E-state index contributed by atoms with van der Waals surface area (Å²) in [4.78, 5) is 0. The van der Waals surface area contributed by atoms with Crippen LogP contribution in [0, 0.1) is 0 Å². The Bertz CT molecular complexity index is 209. The number of rotatable bonds is 1. The maximum Gasteiger partial charge on any atom is 0.0485 e. The Morgan fingerprint density at radius 3 is 2.50 bits per heavy atom. The van der Waals surface area contributed by atoms with Crippen LogP contribution in [-0.2, 0) is 0 Å². The summed E-state index contributed by atoms with van der Waals surface area (Å²) < 4.78 is 0. The van der Waals surface area contributed by atoms with Gasteiger partial charge in [0.05, 0.1) is 0 Å². The van der Waals surface area contributed by atoms with Gasteiger partial charge in [0, 0.05) is 5.70 Å². The van der Waals surface area contributed by atoms with Gasteiger partial charge < -0.3 is 5.43 Å². The second-order valence-electron chi connectivity index (χ2n) is 1.90. The van der Waals surface area contributed by atoms with E-state index in [0.29, 0.717) is 0 Å². The van der Waals surface area contributed by atoms with Gasteiger partial charge in [0.2, 0.25) is 0 Å². The van der Waals surface area contributed by atoms with E-state index in [-0.39, 0.29) is 0 Å². The fourth-order valence-electron chi connectivity index (χ4n) is 0.663. The van der Waals surface area contributed by atoms with Gasteiger partial charge in [-0.15, -0.1) is 0 Å². The molecule has 52 valence electrons. The molecule has 0 amide bonds. The Morgan fingerprint density at radius 1 is 1.00 bits per heavy atom. The Balaban J connectivity index is 2.73. The summed E-state index contributed by atoms with van der Waals surface area (Å²) in [6.07, 6.45) is 13.5. The molecule has 0 unspecified atom stereocenters. The number of hydrogen-bond donors (Lipinski definition) is 2. The monoisotopic (exact) mass is 134 g/mol. The van der Waals surface area contributed by atoms with Gasteiger partial charge in [-0.25, -0.2) is 0 Å². The van der Waals surface area contributed by atoms with Crippen LogP contribution >= 0.6 is 0 Å². The first-order chi connectivity index (χ1) is 4.93. The molecular weight excluding hydrogens is 124 g/mol. The molecule has 0 aromatic rings. The molecule has 3 N–H and O–H groups in total. The fraction of sp³-hybridized carbons (Fsp3) is 0. The van der Waals surface area contributed by atoms with Crippen LogP contribution < -0.4 is 11.3 Å². The highest BCUT2D eigenvalue weighted by Crippen LogP contribution is 1.95. The molecule has 0 heterocycles. The van der Waals surface area contributed by atoms with Crippen LogP contribution in [0.25, 0.3) is 0 Å². The van der Waals surface area contributed by atoms with Gasteiger partial charge in [-0.1, -0.05) is 30.4 Å². The molecule has 0 saturated carbocycles. The molecule has 1 aliphatic carbocycles. The normalized spacial score (nSPS) is 30.7. The quantitative estimate of drug-likeness (QED) is 0.415. The second kappa shape index (κ2) is 3.69. The summed E-state index contributed by atoms with van der Waals surface area (Å²) in [5.41, 5.74) is 3.46. The lowest BCUT2D eigenvalue weighted by Gasteiger charge is -1.97. The summed E-state index contributed by atoms with van der Waals surface area (Å²) in [6, 6.07) is 0. The summed E-state index contributed by atoms with van der Waals surface area (Å²) in [5, 5.41) is 0. The molecule has 10 heavy (non-hydrogen) atoms. The summed E-state index contributed by atoms with van der Waals surface area (Å²) in [7, 11) is 0. The predicted octanol–water partition coefficient (Wildman–Crippen LogP) is 1.02. The van der Waals surface area contributed by atoms with Crippen LogP contribution in [0.15, 0.2) is 48.2 Å². The van der Waals surface area contributed by atoms with Crippen molar-refractivity contribution in [3.05, 3.63) is 48.2 Å². The molecule has 1 rings (SSSR count). The third-order valence-corrected chi connectivity index (χ3v) is 1.16. The van der Waals surface area contributed by atoms with E-state index < -0.39 is 0 Å². The molecule has 1 aliphatic rings. The van der Waals surface area contributed by atoms with Gasteiger partial charge in [0.25, 0.3) is 0 Å². The molecule has 2 heteroatoms. The van der Waals surface area contributed by atoms with Gasteiger partial charge in [-0.2, -0.15) is 0 Å². The molecule has 0 bridgehead atoms. The first kappa shape index (κ1) is 6.83. The third kappa shape index (κ3) is 1.91. The zero-order valence-electron chi connectivity index (χ0n) is 5.62. The van der Waals surface area contributed by atoms with E-state index in [1.807, 2.05) is 42.5 Å². The Hall–Kier alpha value is -1.28. The first-order valence-electron chi connectivity index (χ1n) is 3.12. The van der Waals surface area contributed by atoms with Crippen molar-refractivity contribution < 1.29 is 0 Å². The molecule has 0 aromatic carbocycles. The van der Waals surface area contributed by atoms with Crippen LogP contribution in [0.3, 0.4) is 0 Å². The largest absolute Gasteiger partial charge is 0.324 e. The number of hydrogen-bond acceptors (Lipinski definition) is 2. The van der Waals surface area contributed by atoms with Gasteiger partial charge in [-0.3, -0.25) is 5.84 Å². The minimum atomic E-state index is 0.903. The summed E-state index contributed by atoms with van der Waals surface area (Å²) >= 11 is 0. The molecule has 0 saturated heterocycles. The van der Waals surface area contributed by atoms with Crippen molar-refractivity contribution in [3.8, 4) is 0 Å². The number of nitrogens with one attached hydrogen (secondary N) is 1. The molecule has 0 fully saturated rings. The van der Waals surface area contributed by atoms with Gasteiger partial charge >= 0.3 is 0 Å². The number of allylic oxidation sites excluding steroid dienone is 7. The lowest BCUT2D eigenvalue weighted by Crippen LogP contribution is -2.19. The topological polar surface area (TPSA) is 38.0 Å². The van der Waals surface area contributed by atoms with Crippen molar-refractivity contribution in [3.63, 3.8) is 0 Å². The third-order valence-electron chi connectivity index (χ3n) is 1.16. The molecule has 0 spiro atoms. The maximum absolute atomic E-state index is 5.20. The first-order valence-corrected chi connectivity index (χ1v) is 3.12. The molecule has 0 aromatic heterocycles. The average molecular weight is 134 g/mol. The van der Waals surface area contributed by atoms with E-state index in [2.05, 4.69) is 5.43 Å². The highest BCUT2D eigenvalue weighted by Gasteiger charge is 1.82. The van der Waals surface area contributed by atoms with Crippen molar-refractivity contribution in [2.45, 2.75) is 0 Å². The van der Waals surface area contributed by atoms with Crippen molar-refractivity contribution in [2.24, 2.45) is 5.84 Å². The van der Waals surface area contributed by atoms with E-state index in [4.69, 9.17) is 5.84 Å². The zero-order valence-corrected chi connectivity index (χ0v) is 5.62. The molecular formula is C8H10N2. The molecule has 0 atom stereocenters. The van der Waals surface area contributed by atoms with E-state index in [1.165, 1.54) is 0 Å². The average Bonchev–Trinajstić information content (AvgIpc) is 1.87. The number of hydrazine groups is 1. The lowest BCUT2D eigenvalue weighted by atomic mass is 10.3. The van der Waals surface area contributed by atoms with Gasteiger partial charge in [-0.05, 0) is 12.2 Å². The number of nitrogens with two attached hydrogens (primary N) is 1. The molecule has 2 nitrogen and oxygen atoms in total. The zero-order chi connectivity index (χ0) is 7.23. The van der Waals surface area contributed by atoms with Crippen molar-refractivity contribution >= 4 is 0 Å². The van der Waals surface area contributed by atoms with Gasteiger partial charge in [0.15, 0.2) is 0 Å². The Labute approximate surface area is 60.4 Å². The summed E-state index contributed by atoms with van der Waals surface area (Å²) in [6.45, 7) is 0. The van der Waals surface area contributed by atoms with Gasteiger partial charge in [0.1, 0.15) is 0 Å². The molecule has 0 aliphatic heterocycles. The van der Waals surface area contributed by atoms with Crippen molar-refractivity contribution in [1.82, 2.24) is 5.43 Å². The Kier molecular flexibility index (Phi) is 2.52. The van der Waals surface area contributed by atoms with Crippen LogP contribution in [-0.4, -0.2) is 0 Å². The Morgan fingerprint density at radius 2 is 1.70 bits per heavy atom. The maximum atomic E-state index is 5.20. The summed E-state index contributed by atoms with van der Waals surface area (Å²) in [5.74, 6) is 5.20. The van der Waals surface area contributed by atoms with Crippen LogP contribution in [0.2, 0.25) is 0 Å². The minimum Gasteiger partial charge on any atom is -0.324 e. The van der Waals surface area contributed by atoms with Crippen LogP contribution in [0.5, 0.6) is 0 Å².